The fourth-order valence-electron chi connectivity index (χ4n) is 3.80. The van der Waals surface area contributed by atoms with E-state index in [1.807, 2.05) is 48.7 Å². The van der Waals surface area contributed by atoms with E-state index < -0.39 is 0 Å². The summed E-state index contributed by atoms with van der Waals surface area (Å²) in [5.74, 6) is 0.618. The van der Waals surface area contributed by atoms with Crippen molar-refractivity contribution in [3.05, 3.63) is 78.5 Å². The molecule has 3 aromatic rings. The molecule has 0 spiro atoms. The summed E-state index contributed by atoms with van der Waals surface area (Å²) in [6, 6.07) is 15.6. The molecule has 154 valence electrons. The molecule has 0 unspecified atom stereocenters. The summed E-state index contributed by atoms with van der Waals surface area (Å²) in [5.41, 5.74) is 1.96. The molecule has 4 rings (SSSR count). The number of pyridine rings is 2. The first-order valence-corrected chi connectivity index (χ1v) is 10.2. The van der Waals surface area contributed by atoms with Gasteiger partial charge in [0.25, 0.3) is 0 Å². The van der Waals surface area contributed by atoms with E-state index in [1.54, 1.807) is 12.4 Å². The Morgan fingerprint density at radius 1 is 1.13 bits per heavy atom. The summed E-state index contributed by atoms with van der Waals surface area (Å²) in [6.07, 6.45) is 6.55. The number of rotatable bonds is 7. The van der Waals surface area contributed by atoms with Crippen molar-refractivity contribution in [1.29, 1.82) is 0 Å². The van der Waals surface area contributed by atoms with Crippen LogP contribution in [0.25, 0.3) is 5.82 Å². The van der Waals surface area contributed by atoms with Gasteiger partial charge < -0.3 is 19.5 Å². The van der Waals surface area contributed by atoms with Crippen LogP contribution in [0.4, 0.5) is 0 Å². The van der Waals surface area contributed by atoms with Crippen LogP contribution in [0.5, 0.6) is 0 Å². The van der Waals surface area contributed by atoms with Crippen molar-refractivity contribution in [2.24, 2.45) is 0 Å². The number of hydrogen-bond acceptors (Lipinski definition) is 5. The van der Waals surface area contributed by atoms with Crippen LogP contribution in [0, 0.1) is 0 Å². The Bertz CT molecular complexity index is 1010. The van der Waals surface area contributed by atoms with Crippen molar-refractivity contribution >= 4 is 23.3 Å². The average molecular weight is 422 g/mol. The first kappa shape index (κ1) is 20.0. The monoisotopic (exact) mass is 421 g/mol. The number of hydrogen-bond donors (Lipinski definition) is 1. The zero-order chi connectivity index (χ0) is 20.9. The smallest absolute Gasteiger partial charge is 0.305 e. The minimum atomic E-state index is -0.220. The fraction of sp³-hybridized carbons (Fsp3) is 0.273. The normalized spacial score (nSPS) is 18.3. The number of carbonyl (C=O) groups excluding carboxylic acids is 1. The van der Waals surface area contributed by atoms with E-state index in [4.69, 9.17) is 17.0 Å². The molecule has 30 heavy (non-hydrogen) atoms. The van der Waals surface area contributed by atoms with Gasteiger partial charge in [-0.15, -0.1) is 0 Å². The number of esters is 1. The first-order valence-electron chi connectivity index (χ1n) is 9.82. The van der Waals surface area contributed by atoms with Crippen molar-refractivity contribution in [2.45, 2.75) is 24.9 Å². The van der Waals surface area contributed by atoms with Gasteiger partial charge in [-0.2, -0.15) is 0 Å². The quantitative estimate of drug-likeness (QED) is 0.464. The van der Waals surface area contributed by atoms with Crippen LogP contribution >= 0.6 is 12.2 Å². The van der Waals surface area contributed by atoms with E-state index >= 15 is 0 Å². The summed E-state index contributed by atoms with van der Waals surface area (Å²) in [5, 5.41) is 4.08. The SMILES string of the molecule is COC(=O)CCCN1C(=S)N[C@@H](c2ccccn2)[C@H]1c1cccn1-c1ccccn1. The topological polar surface area (TPSA) is 72.3 Å². The molecular formula is C22H23N5O2S. The highest BCUT2D eigenvalue weighted by Gasteiger charge is 2.41. The molecule has 1 fully saturated rings. The van der Waals surface area contributed by atoms with Crippen LogP contribution < -0.4 is 5.32 Å². The number of ether oxygens (including phenoxy) is 1. The second-order valence-corrected chi connectivity index (χ2v) is 7.38. The Hall–Kier alpha value is -3.26. The summed E-state index contributed by atoms with van der Waals surface area (Å²) >= 11 is 5.68. The van der Waals surface area contributed by atoms with Crippen molar-refractivity contribution in [1.82, 2.24) is 24.8 Å². The van der Waals surface area contributed by atoms with Gasteiger partial charge in [0.05, 0.1) is 24.9 Å². The number of carbonyl (C=O) groups is 1. The van der Waals surface area contributed by atoms with Crippen LogP contribution in [0.15, 0.2) is 67.1 Å². The van der Waals surface area contributed by atoms with Crippen molar-refractivity contribution in [3.8, 4) is 5.82 Å². The Labute approximate surface area is 180 Å². The van der Waals surface area contributed by atoms with E-state index in [0.717, 1.165) is 17.2 Å². The number of aromatic nitrogens is 3. The molecule has 0 aliphatic carbocycles. The maximum atomic E-state index is 11.6. The second kappa shape index (κ2) is 9.04. The van der Waals surface area contributed by atoms with Gasteiger partial charge in [0.2, 0.25) is 0 Å². The molecule has 2 atom stereocenters. The van der Waals surface area contributed by atoms with Crippen LogP contribution in [-0.2, 0) is 9.53 Å². The molecule has 0 saturated carbocycles. The van der Waals surface area contributed by atoms with Crippen LogP contribution in [0.1, 0.15) is 36.3 Å². The number of thiocarbonyl (C=S) groups is 1. The highest BCUT2D eigenvalue weighted by molar-refractivity contribution is 7.80. The lowest BCUT2D eigenvalue weighted by Crippen LogP contribution is -2.31. The highest BCUT2D eigenvalue weighted by Crippen LogP contribution is 2.39. The van der Waals surface area contributed by atoms with Gasteiger partial charge in [-0.05, 0) is 55.0 Å². The Kier molecular flexibility index (Phi) is 6.04. The third-order valence-corrected chi connectivity index (χ3v) is 5.54. The highest BCUT2D eigenvalue weighted by atomic mass is 32.1. The van der Waals surface area contributed by atoms with E-state index in [9.17, 15) is 4.79 Å². The van der Waals surface area contributed by atoms with Gasteiger partial charge in [0, 0.05) is 37.3 Å². The maximum Gasteiger partial charge on any atom is 0.305 e. The Morgan fingerprint density at radius 2 is 1.93 bits per heavy atom. The van der Waals surface area contributed by atoms with E-state index in [1.165, 1.54) is 7.11 Å². The number of methoxy groups -OCH3 is 1. The zero-order valence-corrected chi connectivity index (χ0v) is 17.5. The molecule has 0 bridgehead atoms. The van der Waals surface area contributed by atoms with E-state index in [0.29, 0.717) is 24.5 Å². The van der Waals surface area contributed by atoms with Crippen molar-refractivity contribution in [2.75, 3.05) is 13.7 Å². The average Bonchev–Trinajstić information content (AvgIpc) is 3.39. The predicted octanol–water partition coefficient (Wildman–Crippen LogP) is 3.19. The van der Waals surface area contributed by atoms with Gasteiger partial charge in [-0.25, -0.2) is 4.98 Å². The second-order valence-electron chi connectivity index (χ2n) is 6.99. The standard InChI is InChI=1S/C22H23N5O2S/c1-29-19(28)11-7-15-27-21(20(25-22(27)30)16-8-2-4-12-23-16)17-9-6-14-26(17)18-10-3-5-13-24-18/h2-6,8-10,12-14,20-21H,7,11,15H2,1H3,(H,25,30)/t20-,21+/m0/s1. The zero-order valence-electron chi connectivity index (χ0n) is 16.6. The number of nitrogens with one attached hydrogen (secondary N) is 1. The molecule has 4 heterocycles. The van der Waals surface area contributed by atoms with E-state index in [2.05, 4.69) is 30.8 Å². The van der Waals surface area contributed by atoms with Crippen molar-refractivity contribution in [3.63, 3.8) is 0 Å². The van der Waals surface area contributed by atoms with Gasteiger partial charge in [-0.1, -0.05) is 12.1 Å². The van der Waals surface area contributed by atoms with E-state index in [-0.39, 0.29) is 18.1 Å². The molecule has 1 saturated heterocycles. The van der Waals surface area contributed by atoms with Crippen LogP contribution in [0.2, 0.25) is 0 Å². The number of nitrogens with zero attached hydrogens (tertiary/aromatic N) is 4. The molecular weight excluding hydrogens is 398 g/mol. The first-order chi connectivity index (χ1) is 14.7. The third kappa shape index (κ3) is 4.04. The van der Waals surface area contributed by atoms with Crippen LogP contribution in [-0.4, -0.2) is 44.2 Å². The Balaban J connectivity index is 1.70. The van der Waals surface area contributed by atoms with Gasteiger partial charge in [0.1, 0.15) is 5.82 Å². The lowest BCUT2D eigenvalue weighted by Gasteiger charge is -2.28. The minimum absolute atomic E-state index is 0.0953. The van der Waals surface area contributed by atoms with Crippen LogP contribution in [0.3, 0.4) is 0 Å². The molecule has 1 aliphatic rings. The Morgan fingerprint density at radius 3 is 2.63 bits per heavy atom. The summed E-state index contributed by atoms with van der Waals surface area (Å²) in [6.45, 7) is 0.627. The van der Waals surface area contributed by atoms with Gasteiger partial charge in [-0.3, -0.25) is 9.78 Å². The molecule has 8 heteroatoms. The molecule has 0 amide bonds. The molecule has 1 N–H and O–H groups in total. The summed E-state index contributed by atoms with van der Waals surface area (Å²) in [7, 11) is 1.41. The lowest BCUT2D eigenvalue weighted by molar-refractivity contribution is -0.140. The van der Waals surface area contributed by atoms with Crippen molar-refractivity contribution < 1.29 is 9.53 Å². The van der Waals surface area contributed by atoms with Gasteiger partial charge in [0.15, 0.2) is 5.11 Å². The third-order valence-electron chi connectivity index (χ3n) is 5.18. The molecule has 0 radical (unpaired) electrons. The fourth-order valence-corrected chi connectivity index (χ4v) is 4.14. The summed E-state index contributed by atoms with van der Waals surface area (Å²) < 4.78 is 6.85. The minimum Gasteiger partial charge on any atom is -0.469 e. The largest absolute Gasteiger partial charge is 0.469 e. The maximum absolute atomic E-state index is 11.6. The molecule has 3 aromatic heterocycles. The molecule has 0 aromatic carbocycles. The predicted molar refractivity (Wildman–Crippen MR) is 117 cm³/mol. The van der Waals surface area contributed by atoms with Gasteiger partial charge >= 0.3 is 5.97 Å². The summed E-state index contributed by atoms with van der Waals surface area (Å²) in [4.78, 5) is 22.8. The molecule has 1 aliphatic heterocycles. The molecule has 7 nitrogen and oxygen atoms in total. The lowest BCUT2D eigenvalue weighted by atomic mass is 10.0.